The molecule has 0 radical (unpaired) electrons. The summed E-state index contributed by atoms with van der Waals surface area (Å²) < 4.78 is 5.37. The second kappa shape index (κ2) is 7.84. The zero-order valence-electron chi connectivity index (χ0n) is 13.3. The fourth-order valence-corrected chi connectivity index (χ4v) is 1.93. The van der Waals surface area contributed by atoms with Gasteiger partial charge in [0, 0.05) is 19.2 Å². The van der Waals surface area contributed by atoms with Crippen LogP contribution in [0, 0.1) is 0 Å². The lowest BCUT2D eigenvalue weighted by atomic mass is 10.1. The van der Waals surface area contributed by atoms with Crippen molar-refractivity contribution in [1.29, 1.82) is 0 Å². The number of nitrogens with zero attached hydrogens (tertiary/aromatic N) is 1. The van der Waals surface area contributed by atoms with Crippen molar-refractivity contribution in [2.75, 3.05) is 19.7 Å². The Hall–Kier alpha value is -1.81. The van der Waals surface area contributed by atoms with E-state index in [9.17, 15) is 9.90 Å². The van der Waals surface area contributed by atoms with Crippen LogP contribution in [-0.4, -0.2) is 41.2 Å². The molecule has 0 aromatic heterocycles. The number of aliphatic hydroxyl groups is 1. The molecule has 4 nitrogen and oxygen atoms in total. The van der Waals surface area contributed by atoms with Crippen molar-refractivity contribution in [2.24, 2.45) is 0 Å². The summed E-state index contributed by atoms with van der Waals surface area (Å²) in [6.45, 7) is 8.74. The molecule has 0 saturated carbocycles. The molecule has 0 aliphatic heterocycles. The highest BCUT2D eigenvalue weighted by Gasteiger charge is 2.19. The third kappa shape index (κ3) is 6.45. The first-order chi connectivity index (χ1) is 9.85. The summed E-state index contributed by atoms with van der Waals surface area (Å²) in [6.07, 6.45) is 3.30. The zero-order valence-corrected chi connectivity index (χ0v) is 13.3. The van der Waals surface area contributed by atoms with E-state index in [1.54, 1.807) is 24.8 Å². The second-order valence-corrected chi connectivity index (χ2v) is 5.50. The van der Waals surface area contributed by atoms with Crippen molar-refractivity contribution in [3.05, 3.63) is 35.9 Å². The van der Waals surface area contributed by atoms with Crippen LogP contribution < -0.4 is 4.74 Å². The van der Waals surface area contributed by atoms with Gasteiger partial charge in [0.2, 0.25) is 5.91 Å². The molecule has 21 heavy (non-hydrogen) atoms. The van der Waals surface area contributed by atoms with Gasteiger partial charge in [-0.3, -0.25) is 4.79 Å². The van der Waals surface area contributed by atoms with E-state index in [-0.39, 0.29) is 5.91 Å². The third-order valence-electron chi connectivity index (χ3n) is 2.88. The van der Waals surface area contributed by atoms with Gasteiger partial charge in [-0.1, -0.05) is 12.1 Å². The number of carbonyl (C=O) groups excluding carboxylic acids is 1. The third-order valence-corrected chi connectivity index (χ3v) is 2.88. The quantitative estimate of drug-likeness (QED) is 0.786. The number of hydrogen-bond donors (Lipinski definition) is 1. The van der Waals surface area contributed by atoms with Crippen molar-refractivity contribution in [3.8, 4) is 5.75 Å². The van der Waals surface area contributed by atoms with Crippen LogP contribution in [0.25, 0.3) is 6.08 Å². The van der Waals surface area contributed by atoms with Crippen molar-refractivity contribution < 1.29 is 14.6 Å². The summed E-state index contributed by atoms with van der Waals surface area (Å²) >= 11 is 0. The first-order valence-electron chi connectivity index (χ1n) is 7.28. The number of ether oxygens (including phenoxy) is 1. The Morgan fingerprint density at radius 1 is 1.29 bits per heavy atom. The maximum absolute atomic E-state index is 12.1. The van der Waals surface area contributed by atoms with E-state index in [0.29, 0.717) is 19.7 Å². The number of hydrogen-bond acceptors (Lipinski definition) is 3. The highest BCUT2D eigenvalue weighted by molar-refractivity contribution is 5.91. The van der Waals surface area contributed by atoms with Crippen molar-refractivity contribution in [3.63, 3.8) is 0 Å². The number of benzene rings is 1. The Balaban J connectivity index is 2.67. The summed E-state index contributed by atoms with van der Waals surface area (Å²) in [5.41, 5.74) is 0.0460. The summed E-state index contributed by atoms with van der Waals surface area (Å²) in [4.78, 5) is 13.7. The van der Waals surface area contributed by atoms with Crippen molar-refractivity contribution >= 4 is 12.0 Å². The molecule has 1 N–H and O–H groups in total. The Labute approximate surface area is 127 Å². The molecule has 0 fully saturated rings. The van der Waals surface area contributed by atoms with Crippen LogP contribution in [0.3, 0.4) is 0 Å². The molecule has 116 valence electrons. The first-order valence-corrected chi connectivity index (χ1v) is 7.28. The van der Waals surface area contributed by atoms with Gasteiger partial charge in [0.1, 0.15) is 5.75 Å². The number of likely N-dealkylation sites (N-methyl/N-ethyl adjacent to an activating group) is 1. The van der Waals surface area contributed by atoms with Crippen molar-refractivity contribution in [2.45, 2.75) is 33.3 Å². The molecule has 1 rings (SSSR count). The number of amides is 1. The van der Waals surface area contributed by atoms with E-state index in [1.807, 2.05) is 38.1 Å². The molecule has 0 aliphatic carbocycles. The van der Waals surface area contributed by atoms with E-state index in [2.05, 4.69) is 0 Å². The van der Waals surface area contributed by atoms with Gasteiger partial charge in [-0.15, -0.1) is 0 Å². The van der Waals surface area contributed by atoms with Crippen LogP contribution in [0.2, 0.25) is 0 Å². The topological polar surface area (TPSA) is 49.8 Å². The average Bonchev–Trinajstić information content (AvgIpc) is 2.43. The molecular weight excluding hydrogens is 266 g/mol. The minimum absolute atomic E-state index is 0.103. The molecule has 0 heterocycles. The zero-order chi connectivity index (χ0) is 15.9. The lowest BCUT2D eigenvalue weighted by Gasteiger charge is -2.27. The van der Waals surface area contributed by atoms with E-state index in [1.165, 1.54) is 6.08 Å². The molecular formula is C17H25NO3. The maximum Gasteiger partial charge on any atom is 0.246 e. The molecule has 1 amide bonds. The predicted octanol–water partition coefficient (Wildman–Crippen LogP) is 2.72. The summed E-state index contributed by atoms with van der Waals surface area (Å²) in [5.74, 6) is 0.715. The van der Waals surface area contributed by atoms with Gasteiger partial charge in [0.05, 0.1) is 12.2 Å². The number of rotatable bonds is 7. The lowest BCUT2D eigenvalue weighted by molar-refractivity contribution is -0.128. The van der Waals surface area contributed by atoms with Gasteiger partial charge >= 0.3 is 0 Å². The molecule has 0 saturated heterocycles. The van der Waals surface area contributed by atoms with Gasteiger partial charge in [0.25, 0.3) is 0 Å². The monoisotopic (exact) mass is 291 g/mol. The smallest absolute Gasteiger partial charge is 0.246 e. The van der Waals surface area contributed by atoms with Gasteiger partial charge < -0.3 is 14.7 Å². The fraction of sp³-hybridized carbons (Fsp3) is 0.471. The Bertz CT molecular complexity index is 472. The normalized spacial score (nSPS) is 11.7. The summed E-state index contributed by atoms with van der Waals surface area (Å²) in [6, 6.07) is 7.56. The van der Waals surface area contributed by atoms with Crippen LogP contribution >= 0.6 is 0 Å². The van der Waals surface area contributed by atoms with E-state index >= 15 is 0 Å². The molecule has 0 atom stereocenters. The standard InChI is InChI=1S/C17H25NO3/c1-5-18(13-17(3,4)20)16(19)12-9-14-7-10-15(11-8-14)21-6-2/h7-12,20H,5-6,13H2,1-4H3. The Morgan fingerprint density at radius 3 is 2.38 bits per heavy atom. The molecule has 1 aromatic rings. The number of carbonyl (C=O) groups is 1. The minimum Gasteiger partial charge on any atom is -0.494 e. The van der Waals surface area contributed by atoms with Crippen LogP contribution in [0.1, 0.15) is 33.3 Å². The lowest BCUT2D eigenvalue weighted by Crippen LogP contribution is -2.41. The predicted molar refractivity (Wildman–Crippen MR) is 85.2 cm³/mol. The molecule has 1 aromatic carbocycles. The van der Waals surface area contributed by atoms with Crippen LogP contribution in [0.15, 0.2) is 30.3 Å². The second-order valence-electron chi connectivity index (χ2n) is 5.50. The molecule has 0 bridgehead atoms. The van der Waals surface area contributed by atoms with Gasteiger partial charge in [-0.2, -0.15) is 0 Å². The van der Waals surface area contributed by atoms with Crippen LogP contribution in [0.5, 0.6) is 5.75 Å². The van der Waals surface area contributed by atoms with E-state index in [0.717, 1.165) is 11.3 Å². The average molecular weight is 291 g/mol. The molecule has 0 spiro atoms. The van der Waals surface area contributed by atoms with E-state index in [4.69, 9.17) is 4.74 Å². The van der Waals surface area contributed by atoms with Crippen LogP contribution in [-0.2, 0) is 4.79 Å². The molecule has 0 unspecified atom stereocenters. The van der Waals surface area contributed by atoms with E-state index < -0.39 is 5.60 Å². The maximum atomic E-state index is 12.1. The Kier molecular flexibility index (Phi) is 6.43. The van der Waals surface area contributed by atoms with Gasteiger partial charge in [-0.25, -0.2) is 0 Å². The highest BCUT2D eigenvalue weighted by Crippen LogP contribution is 2.13. The van der Waals surface area contributed by atoms with Crippen molar-refractivity contribution in [1.82, 2.24) is 4.90 Å². The SMILES string of the molecule is CCOc1ccc(C=CC(=O)N(CC)CC(C)(C)O)cc1. The first kappa shape index (κ1) is 17.2. The van der Waals surface area contributed by atoms with Gasteiger partial charge in [0.15, 0.2) is 0 Å². The van der Waals surface area contributed by atoms with Crippen LogP contribution in [0.4, 0.5) is 0 Å². The Morgan fingerprint density at radius 2 is 1.90 bits per heavy atom. The fourth-order valence-electron chi connectivity index (χ4n) is 1.93. The summed E-state index contributed by atoms with van der Waals surface area (Å²) in [5, 5.41) is 9.80. The van der Waals surface area contributed by atoms with Gasteiger partial charge in [-0.05, 0) is 51.5 Å². The minimum atomic E-state index is -0.890. The molecule has 4 heteroatoms. The molecule has 0 aliphatic rings. The highest BCUT2D eigenvalue weighted by atomic mass is 16.5. The summed E-state index contributed by atoms with van der Waals surface area (Å²) in [7, 11) is 0. The largest absolute Gasteiger partial charge is 0.494 e.